The quantitative estimate of drug-likeness (QED) is 0.800. The number of aromatic nitrogens is 2. The minimum Gasteiger partial charge on any atom is -0.496 e. The van der Waals surface area contributed by atoms with Gasteiger partial charge in [0, 0.05) is 51.9 Å². The van der Waals surface area contributed by atoms with Crippen LogP contribution in [-0.2, 0) is 11.2 Å². The van der Waals surface area contributed by atoms with Gasteiger partial charge in [-0.1, -0.05) is 18.2 Å². The molecule has 1 aliphatic heterocycles. The monoisotopic (exact) mass is 369 g/mol. The highest BCUT2D eigenvalue weighted by molar-refractivity contribution is 5.79. The van der Waals surface area contributed by atoms with Crippen molar-refractivity contribution in [1.29, 1.82) is 0 Å². The van der Waals surface area contributed by atoms with Crippen molar-refractivity contribution < 1.29 is 9.53 Å². The molecule has 0 spiro atoms. The van der Waals surface area contributed by atoms with Gasteiger partial charge in [0.2, 0.25) is 5.91 Å². The molecule has 0 radical (unpaired) electrons. The maximum atomic E-state index is 12.7. The zero-order valence-electron chi connectivity index (χ0n) is 16.5. The molecule has 1 aromatic carbocycles. The molecule has 0 unspecified atom stereocenters. The number of nitrogens with zero attached hydrogens (tertiary/aromatic N) is 5. The highest BCUT2D eigenvalue weighted by atomic mass is 16.5. The second-order valence-electron chi connectivity index (χ2n) is 6.88. The fourth-order valence-electron chi connectivity index (χ4n) is 3.24. The molecule has 0 atom stereocenters. The molecular weight excluding hydrogens is 342 g/mol. The first-order chi connectivity index (χ1) is 13.0. The van der Waals surface area contributed by atoms with Crippen molar-refractivity contribution in [2.24, 2.45) is 0 Å². The van der Waals surface area contributed by atoms with E-state index < -0.39 is 0 Å². The molecule has 7 heteroatoms. The number of aryl methyl sites for hydroxylation is 1. The van der Waals surface area contributed by atoms with Crippen molar-refractivity contribution in [3.8, 4) is 5.75 Å². The maximum absolute atomic E-state index is 12.7. The second kappa shape index (κ2) is 8.24. The predicted octanol–water partition coefficient (Wildman–Crippen LogP) is 1.75. The molecule has 0 aliphatic carbocycles. The van der Waals surface area contributed by atoms with Crippen molar-refractivity contribution in [1.82, 2.24) is 14.9 Å². The van der Waals surface area contributed by atoms with Gasteiger partial charge in [-0.05, 0) is 13.0 Å². The molecule has 7 nitrogen and oxygen atoms in total. The summed E-state index contributed by atoms with van der Waals surface area (Å²) in [5.41, 5.74) is 0.925. The van der Waals surface area contributed by atoms with Crippen LogP contribution in [0.25, 0.3) is 0 Å². The minimum atomic E-state index is 0.131. The largest absolute Gasteiger partial charge is 0.496 e. The fraction of sp³-hybridized carbons (Fsp3) is 0.450. The van der Waals surface area contributed by atoms with E-state index in [-0.39, 0.29) is 5.91 Å². The van der Waals surface area contributed by atoms with Crippen LogP contribution in [0, 0.1) is 6.92 Å². The fourth-order valence-corrected chi connectivity index (χ4v) is 3.24. The average molecular weight is 369 g/mol. The Morgan fingerprint density at radius 2 is 1.85 bits per heavy atom. The van der Waals surface area contributed by atoms with Crippen molar-refractivity contribution >= 4 is 17.5 Å². The van der Waals surface area contributed by atoms with E-state index in [2.05, 4.69) is 14.9 Å². The van der Waals surface area contributed by atoms with Crippen molar-refractivity contribution in [2.45, 2.75) is 13.3 Å². The van der Waals surface area contributed by atoms with Crippen LogP contribution in [0.3, 0.4) is 0 Å². The highest BCUT2D eigenvalue weighted by Crippen LogP contribution is 2.21. The third kappa shape index (κ3) is 4.48. The number of para-hydroxylation sites is 1. The Hall–Kier alpha value is -2.83. The van der Waals surface area contributed by atoms with Crippen molar-refractivity contribution in [3.05, 3.63) is 41.7 Å². The number of ether oxygens (including phenoxy) is 1. The number of anilines is 2. The topological polar surface area (TPSA) is 61.8 Å². The molecule has 144 valence electrons. The summed E-state index contributed by atoms with van der Waals surface area (Å²) >= 11 is 0. The normalized spacial score (nSPS) is 14.2. The first kappa shape index (κ1) is 18.9. The third-order valence-corrected chi connectivity index (χ3v) is 4.76. The van der Waals surface area contributed by atoms with Crippen LogP contribution < -0.4 is 14.5 Å². The van der Waals surface area contributed by atoms with Gasteiger partial charge in [0.1, 0.15) is 23.2 Å². The van der Waals surface area contributed by atoms with Crippen molar-refractivity contribution in [3.63, 3.8) is 0 Å². The summed E-state index contributed by atoms with van der Waals surface area (Å²) in [4.78, 5) is 27.8. The van der Waals surface area contributed by atoms with E-state index in [0.717, 1.165) is 41.9 Å². The summed E-state index contributed by atoms with van der Waals surface area (Å²) in [7, 11) is 5.58. The Morgan fingerprint density at radius 3 is 2.52 bits per heavy atom. The zero-order chi connectivity index (χ0) is 19.4. The first-order valence-electron chi connectivity index (χ1n) is 9.15. The summed E-state index contributed by atoms with van der Waals surface area (Å²) in [5, 5.41) is 0. The third-order valence-electron chi connectivity index (χ3n) is 4.76. The molecule has 3 rings (SSSR count). The van der Waals surface area contributed by atoms with Gasteiger partial charge in [-0.15, -0.1) is 0 Å². The molecule has 1 aliphatic rings. The van der Waals surface area contributed by atoms with Gasteiger partial charge in [0.05, 0.1) is 13.5 Å². The zero-order valence-corrected chi connectivity index (χ0v) is 16.5. The number of hydrogen-bond acceptors (Lipinski definition) is 6. The van der Waals surface area contributed by atoms with Crippen LogP contribution >= 0.6 is 0 Å². The number of piperazine rings is 1. The summed E-state index contributed by atoms with van der Waals surface area (Å²) in [6, 6.07) is 9.68. The number of methoxy groups -OCH3 is 1. The Labute approximate surface area is 160 Å². The van der Waals surface area contributed by atoms with Crippen LogP contribution in [0.4, 0.5) is 11.6 Å². The van der Waals surface area contributed by atoms with E-state index in [1.807, 2.05) is 61.2 Å². The summed E-state index contributed by atoms with van der Waals surface area (Å²) in [5.74, 6) is 3.46. The standard InChI is InChI=1S/C20H27N5O2/c1-15-21-18(23(2)3)14-19(22-15)24-9-11-25(12-10-24)20(26)13-16-7-5-6-8-17(16)27-4/h5-8,14H,9-13H2,1-4H3. The van der Waals surface area contributed by atoms with E-state index in [0.29, 0.717) is 19.5 Å². The van der Waals surface area contributed by atoms with Crippen LogP contribution in [-0.4, -0.2) is 68.2 Å². The number of amides is 1. The SMILES string of the molecule is COc1ccccc1CC(=O)N1CCN(c2cc(N(C)C)nc(C)n2)CC1. The molecule has 27 heavy (non-hydrogen) atoms. The number of carbonyl (C=O) groups is 1. The highest BCUT2D eigenvalue weighted by Gasteiger charge is 2.23. The molecule has 0 N–H and O–H groups in total. The first-order valence-corrected chi connectivity index (χ1v) is 9.15. The van der Waals surface area contributed by atoms with Gasteiger partial charge in [0.25, 0.3) is 0 Å². The number of carbonyl (C=O) groups excluding carboxylic acids is 1. The minimum absolute atomic E-state index is 0.131. The Kier molecular flexibility index (Phi) is 5.78. The lowest BCUT2D eigenvalue weighted by molar-refractivity contribution is -0.130. The lowest BCUT2D eigenvalue weighted by Crippen LogP contribution is -2.49. The van der Waals surface area contributed by atoms with Gasteiger partial charge in [-0.2, -0.15) is 0 Å². The Bertz CT molecular complexity index is 801. The van der Waals surface area contributed by atoms with E-state index in [9.17, 15) is 4.79 Å². The second-order valence-corrected chi connectivity index (χ2v) is 6.88. The Morgan fingerprint density at radius 1 is 1.15 bits per heavy atom. The average Bonchev–Trinajstić information content (AvgIpc) is 2.68. The summed E-state index contributed by atoms with van der Waals surface area (Å²) in [6.45, 7) is 4.81. The van der Waals surface area contributed by atoms with Gasteiger partial charge in [-0.25, -0.2) is 9.97 Å². The molecule has 2 aromatic rings. The van der Waals surface area contributed by atoms with E-state index >= 15 is 0 Å². The van der Waals surface area contributed by atoms with Gasteiger partial charge < -0.3 is 19.4 Å². The lowest BCUT2D eigenvalue weighted by atomic mass is 10.1. The lowest BCUT2D eigenvalue weighted by Gasteiger charge is -2.35. The summed E-state index contributed by atoms with van der Waals surface area (Å²) < 4.78 is 5.35. The van der Waals surface area contributed by atoms with E-state index in [1.54, 1.807) is 7.11 Å². The molecule has 0 saturated carbocycles. The number of hydrogen-bond donors (Lipinski definition) is 0. The predicted molar refractivity (Wildman–Crippen MR) is 107 cm³/mol. The number of benzene rings is 1. The molecule has 2 heterocycles. The molecule has 1 fully saturated rings. The van der Waals surface area contributed by atoms with Gasteiger partial charge in [-0.3, -0.25) is 4.79 Å². The van der Waals surface area contributed by atoms with Gasteiger partial charge >= 0.3 is 0 Å². The van der Waals surface area contributed by atoms with Crippen LogP contribution in [0.1, 0.15) is 11.4 Å². The molecular formula is C20H27N5O2. The number of rotatable bonds is 5. The molecule has 0 bridgehead atoms. The van der Waals surface area contributed by atoms with Crippen LogP contribution in [0.2, 0.25) is 0 Å². The molecule has 1 saturated heterocycles. The maximum Gasteiger partial charge on any atom is 0.227 e. The van der Waals surface area contributed by atoms with Crippen LogP contribution in [0.15, 0.2) is 30.3 Å². The molecule has 1 amide bonds. The molecule has 1 aromatic heterocycles. The van der Waals surface area contributed by atoms with Crippen molar-refractivity contribution in [2.75, 3.05) is 57.2 Å². The smallest absolute Gasteiger partial charge is 0.227 e. The van der Waals surface area contributed by atoms with E-state index in [1.165, 1.54) is 0 Å². The summed E-state index contributed by atoms with van der Waals surface area (Å²) in [6.07, 6.45) is 0.363. The Balaban J connectivity index is 1.62. The van der Waals surface area contributed by atoms with E-state index in [4.69, 9.17) is 4.74 Å². The van der Waals surface area contributed by atoms with Crippen LogP contribution in [0.5, 0.6) is 5.75 Å². The van der Waals surface area contributed by atoms with Gasteiger partial charge in [0.15, 0.2) is 0 Å².